The Hall–Kier alpha value is -2.64. The highest BCUT2D eigenvalue weighted by Gasteiger charge is 2.10. The summed E-state index contributed by atoms with van der Waals surface area (Å²) in [4.78, 5) is 8.09. The van der Waals surface area contributed by atoms with E-state index in [1.54, 1.807) is 17.5 Å². The molecule has 0 aromatic carbocycles. The number of aliphatic hydroxyl groups excluding tert-OH is 1. The standard InChI is InChI=1S/C13H19N7O4S2/c1-26(22,23)20-12(16-4-5-21)17-6-8-2-3-10(24-8)9-7-25-13(18-9)19-11(14)15/h2-3,7,21H,4-6H2,1H3,(H2,16,17,20)(H4,14,15,18,19). The molecule has 7 N–H and O–H groups in total. The lowest BCUT2D eigenvalue weighted by molar-refractivity contribution is 0.300. The Balaban J connectivity index is 2.06. The second-order valence-electron chi connectivity index (χ2n) is 4.99. The molecule has 0 aliphatic carbocycles. The number of hydrogen-bond acceptors (Lipinski definition) is 7. The SMILES string of the molecule is CS(=O)(=O)/N=C(/NCCO)NCc1ccc(-c2csc(N=C(N)N)n2)o1. The topological polar surface area (TPSA) is 181 Å². The maximum Gasteiger partial charge on any atom is 0.253 e. The number of nitrogens with one attached hydrogen (secondary N) is 2. The quantitative estimate of drug-likeness (QED) is 0.296. The van der Waals surface area contributed by atoms with E-state index in [9.17, 15) is 8.42 Å². The Labute approximate surface area is 153 Å². The van der Waals surface area contributed by atoms with Crippen LogP contribution in [0.1, 0.15) is 5.76 Å². The lowest BCUT2D eigenvalue weighted by Crippen LogP contribution is -2.38. The average Bonchev–Trinajstić information content (AvgIpc) is 3.17. The molecular weight excluding hydrogens is 382 g/mol. The van der Waals surface area contributed by atoms with Gasteiger partial charge in [-0.05, 0) is 12.1 Å². The van der Waals surface area contributed by atoms with Crippen molar-refractivity contribution in [3.8, 4) is 11.5 Å². The molecule has 13 heteroatoms. The fraction of sp³-hybridized carbons (Fsp3) is 0.308. The van der Waals surface area contributed by atoms with Gasteiger partial charge in [0.2, 0.25) is 11.1 Å². The number of aromatic nitrogens is 1. The molecule has 0 bridgehead atoms. The third-order valence-electron chi connectivity index (χ3n) is 2.72. The summed E-state index contributed by atoms with van der Waals surface area (Å²) in [6, 6.07) is 3.44. The van der Waals surface area contributed by atoms with E-state index in [1.165, 1.54) is 11.3 Å². The maximum absolute atomic E-state index is 11.3. The van der Waals surface area contributed by atoms with Crippen LogP contribution in [0.5, 0.6) is 0 Å². The molecule has 0 saturated heterocycles. The summed E-state index contributed by atoms with van der Waals surface area (Å²) in [5.74, 6) is 0.981. The maximum atomic E-state index is 11.3. The van der Waals surface area contributed by atoms with Crippen LogP contribution in [-0.2, 0) is 16.6 Å². The highest BCUT2D eigenvalue weighted by Crippen LogP contribution is 2.27. The van der Waals surface area contributed by atoms with Gasteiger partial charge in [0.25, 0.3) is 10.0 Å². The van der Waals surface area contributed by atoms with E-state index >= 15 is 0 Å². The van der Waals surface area contributed by atoms with E-state index < -0.39 is 10.0 Å². The zero-order chi connectivity index (χ0) is 19.2. The van der Waals surface area contributed by atoms with Crippen molar-refractivity contribution in [3.05, 3.63) is 23.3 Å². The number of aliphatic hydroxyl groups is 1. The van der Waals surface area contributed by atoms with E-state index in [1.807, 2.05) is 0 Å². The monoisotopic (exact) mass is 401 g/mol. The Kier molecular flexibility index (Phi) is 6.54. The second-order valence-corrected chi connectivity index (χ2v) is 7.48. The van der Waals surface area contributed by atoms with Crippen molar-refractivity contribution in [1.29, 1.82) is 0 Å². The molecule has 0 unspecified atom stereocenters. The molecule has 0 fully saturated rings. The van der Waals surface area contributed by atoms with Gasteiger partial charge in [-0.2, -0.15) is 4.99 Å². The van der Waals surface area contributed by atoms with Crippen LogP contribution in [-0.4, -0.2) is 49.8 Å². The van der Waals surface area contributed by atoms with Gasteiger partial charge in [0.1, 0.15) is 11.5 Å². The number of guanidine groups is 2. The van der Waals surface area contributed by atoms with Crippen LogP contribution >= 0.6 is 11.3 Å². The average molecular weight is 401 g/mol. The van der Waals surface area contributed by atoms with E-state index in [0.29, 0.717) is 22.3 Å². The summed E-state index contributed by atoms with van der Waals surface area (Å²) in [6.07, 6.45) is 0.969. The predicted octanol–water partition coefficient (Wildman–Crippen LogP) is -0.705. The van der Waals surface area contributed by atoms with Crippen LogP contribution in [0.2, 0.25) is 0 Å². The first kappa shape index (κ1) is 19.7. The first-order valence-corrected chi connectivity index (χ1v) is 10.0. The van der Waals surface area contributed by atoms with Gasteiger partial charge in [-0.1, -0.05) is 0 Å². The number of nitrogens with two attached hydrogens (primary N) is 2. The van der Waals surface area contributed by atoms with Crippen molar-refractivity contribution in [1.82, 2.24) is 15.6 Å². The number of rotatable bonds is 7. The molecule has 2 rings (SSSR count). The molecule has 0 saturated carbocycles. The van der Waals surface area contributed by atoms with Crippen LogP contribution < -0.4 is 22.1 Å². The molecule has 0 amide bonds. The van der Waals surface area contributed by atoms with Gasteiger partial charge in [-0.15, -0.1) is 15.7 Å². The van der Waals surface area contributed by atoms with Crippen molar-refractivity contribution in [3.63, 3.8) is 0 Å². The number of furan rings is 1. The van der Waals surface area contributed by atoms with Crippen molar-refractivity contribution in [2.75, 3.05) is 19.4 Å². The highest BCUT2D eigenvalue weighted by molar-refractivity contribution is 7.89. The summed E-state index contributed by atoms with van der Waals surface area (Å²) in [5.41, 5.74) is 11.2. The van der Waals surface area contributed by atoms with Gasteiger partial charge in [-0.3, -0.25) is 0 Å². The Bertz CT molecular complexity index is 897. The summed E-state index contributed by atoms with van der Waals surface area (Å²) < 4.78 is 31.8. The minimum atomic E-state index is -3.59. The minimum absolute atomic E-state index is 0.0169. The smallest absolute Gasteiger partial charge is 0.253 e. The number of hydrogen-bond donors (Lipinski definition) is 5. The molecule has 2 heterocycles. The minimum Gasteiger partial charge on any atom is -0.458 e. The molecule has 11 nitrogen and oxygen atoms in total. The third kappa shape index (κ3) is 6.34. The Morgan fingerprint density at radius 2 is 2.15 bits per heavy atom. The second kappa shape index (κ2) is 8.64. The largest absolute Gasteiger partial charge is 0.458 e. The van der Waals surface area contributed by atoms with E-state index in [2.05, 4.69) is 25.0 Å². The first-order valence-electron chi connectivity index (χ1n) is 7.29. The van der Waals surface area contributed by atoms with Crippen molar-refractivity contribution in [2.45, 2.75) is 6.54 Å². The van der Waals surface area contributed by atoms with Gasteiger partial charge < -0.3 is 31.6 Å². The Morgan fingerprint density at radius 3 is 2.81 bits per heavy atom. The van der Waals surface area contributed by atoms with Crippen LogP contribution in [0.15, 0.2) is 31.3 Å². The molecule has 0 radical (unpaired) electrons. The van der Waals surface area contributed by atoms with Gasteiger partial charge in [0.15, 0.2) is 11.7 Å². The van der Waals surface area contributed by atoms with Crippen molar-refractivity contribution < 1.29 is 17.9 Å². The van der Waals surface area contributed by atoms with Crippen molar-refractivity contribution in [2.24, 2.45) is 20.9 Å². The molecule has 0 atom stereocenters. The number of nitrogens with zero attached hydrogens (tertiary/aromatic N) is 3. The van der Waals surface area contributed by atoms with E-state index in [4.69, 9.17) is 21.0 Å². The van der Waals surface area contributed by atoms with E-state index in [-0.39, 0.29) is 31.6 Å². The number of sulfonamides is 1. The highest BCUT2D eigenvalue weighted by atomic mass is 32.2. The zero-order valence-electron chi connectivity index (χ0n) is 13.8. The first-order chi connectivity index (χ1) is 12.3. The van der Waals surface area contributed by atoms with Gasteiger partial charge in [0, 0.05) is 11.9 Å². The van der Waals surface area contributed by atoms with Crippen molar-refractivity contribution >= 4 is 38.4 Å². The zero-order valence-corrected chi connectivity index (χ0v) is 15.5. The summed E-state index contributed by atoms with van der Waals surface area (Å²) in [5, 5.41) is 16.5. The normalized spacial score (nSPS) is 12.0. The molecule has 0 spiro atoms. The number of thiazole rings is 1. The molecule has 0 aliphatic rings. The lowest BCUT2D eigenvalue weighted by Gasteiger charge is -2.09. The summed E-state index contributed by atoms with van der Waals surface area (Å²) in [7, 11) is -3.59. The van der Waals surface area contributed by atoms with Gasteiger partial charge in [-0.25, -0.2) is 13.4 Å². The van der Waals surface area contributed by atoms with Crippen LogP contribution in [0.3, 0.4) is 0 Å². The number of aliphatic imine (C=N–C) groups is 1. The van der Waals surface area contributed by atoms with Gasteiger partial charge >= 0.3 is 0 Å². The molecule has 26 heavy (non-hydrogen) atoms. The van der Waals surface area contributed by atoms with Crippen LogP contribution in [0.4, 0.5) is 5.13 Å². The molecule has 2 aromatic heterocycles. The fourth-order valence-electron chi connectivity index (χ4n) is 1.79. The predicted molar refractivity (Wildman–Crippen MR) is 99.5 cm³/mol. The third-order valence-corrected chi connectivity index (χ3v) is 3.97. The van der Waals surface area contributed by atoms with Crippen LogP contribution in [0.25, 0.3) is 11.5 Å². The van der Waals surface area contributed by atoms with Crippen LogP contribution in [0, 0.1) is 0 Å². The summed E-state index contributed by atoms with van der Waals surface area (Å²) >= 11 is 1.26. The summed E-state index contributed by atoms with van der Waals surface area (Å²) in [6.45, 7) is 0.159. The fourth-order valence-corrected chi connectivity index (χ4v) is 2.94. The Morgan fingerprint density at radius 1 is 1.38 bits per heavy atom. The molecule has 0 aliphatic heterocycles. The molecule has 142 valence electrons. The molecular formula is C13H19N7O4S2. The molecule has 2 aromatic rings. The van der Waals surface area contributed by atoms with Gasteiger partial charge in [0.05, 0.1) is 19.4 Å². The lowest BCUT2D eigenvalue weighted by atomic mass is 10.3. The van der Waals surface area contributed by atoms with E-state index in [0.717, 1.165) is 6.26 Å².